The number of nitrogens with zero attached hydrogens (tertiary/aromatic N) is 2. The number of ether oxygens (including phenoxy) is 2. The predicted molar refractivity (Wildman–Crippen MR) is 100 cm³/mol. The molecule has 26 heavy (non-hydrogen) atoms. The molecule has 0 aromatic heterocycles. The highest BCUT2D eigenvalue weighted by molar-refractivity contribution is 7.91. The van der Waals surface area contributed by atoms with Crippen LogP contribution in [0.4, 0.5) is 0 Å². The van der Waals surface area contributed by atoms with Crippen molar-refractivity contribution >= 4 is 15.8 Å². The van der Waals surface area contributed by atoms with Gasteiger partial charge in [0.1, 0.15) is 6.10 Å². The smallest absolute Gasteiger partial charge is 0.193 e. The number of hydrogen-bond acceptors (Lipinski definition) is 5. The van der Waals surface area contributed by atoms with Gasteiger partial charge in [-0.1, -0.05) is 18.2 Å². The lowest BCUT2D eigenvalue weighted by atomic mass is 10.1. The van der Waals surface area contributed by atoms with Gasteiger partial charge in [0.15, 0.2) is 15.8 Å². The molecule has 0 saturated carbocycles. The summed E-state index contributed by atoms with van der Waals surface area (Å²) in [5.74, 6) is 0.731. The van der Waals surface area contributed by atoms with Gasteiger partial charge in [-0.2, -0.15) is 0 Å². The fraction of sp³-hybridized carbons (Fsp3) is 0.611. The molecule has 1 N–H and O–H groups in total. The van der Waals surface area contributed by atoms with E-state index in [4.69, 9.17) is 9.47 Å². The van der Waals surface area contributed by atoms with Crippen LogP contribution in [0.1, 0.15) is 12.8 Å². The second-order valence-electron chi connectivity index (χ2n) is 6.51. The van der Waals surface area contributed by atoms with Crippen LogP contribution in [-0.4, -0.2) is 77.1 Å². The van der Waals surface area contributed by atoms with Gasteiger partial charge in [-0.3, -0.25) is 4.99 Å². The first-order valence-electron chi connectivity index (χ1n) is 9.07. The molecule has 7 nitrogen and oxygen atoms in total. The lowest BCUT2D eigenvalue weighted by molar-refractivity contribution is -0.0816. The topological polar surface area (TPSA) is 80.2 Å². The molecule has 0 bridgehead atoms. The summed E-state index contributed by atoms with van der Waals surface area (Å²) in [6.45, 7) is 3.17. The zero-order chi connectivity index (χ0) is 18.4. The Balaban J connectivity index is 1.53. The number of aliphatic imine (C=N–C) groups is 1. The predicted octanol–water partition coefficient (Wildman–Crippen LogP) is 0.915. The van der Waals surface area contributed by atoms with Gasteiger partial charge in [-0.25, -0.2) is 8.42 Å². The SMILES string of the molecule is CN=C(NCCS(=O)(=O)c1ccccc1)N1CCOC(C2CCCO2)C1. The minimum atomic E-state index is -3.30. The lowest BCUT2D eigenvalue weighted by Gasteiger charge is -2.37. The van der Waals surface area contributed by atoms with Crippen LogP contribution in [0.25, 0.3) is 0 Å². The highest BCUT2D eigenvalue weighted by atomic mass is 32.2. The molecule has 1 aromatic carbocycles. The van der Waals surface area contributed by atoms with Crippen molar-refractivity contribution < 1.29 is 17.9 Å². The van der Waals surface area contributed by atoms with Crippen LogP contribution in [-0.2, 0) is 19.3 Å². The number of benzene rings is 1. The van der Waals surface area contributed by atoms with Crippen LogP contribution >= 0.6 is 0 Å². The third-order valence-electron chi connectivity index (χ3n) is 4.74. The van der Waals surface area contributed by atoms with E-state index in [1.54, 1.807) is 31.3 Å². The first-order chi connectivity index (χ1) is 12.6. The van der Waals surface area contributed by atoms with E-state index in [1.807, 2.05) is 6.07 Å². The zero-order valence-corrected chi connectivity index (χ0v) is 16.0. The van der Waals surface area contributed by atoms with Crippen molar-refractivity contribution in [2.24, 2.45) is 4.99 Å². The van der Waals surface area contributed by atoms with Crippen molar-refractivity contribution in [2.75, 3.05) is 45.6 Å². The van der Waals surface area contributed by atoms with Crippen LogP contribution in [0, 0.1) is 0 Å². The van der Waals surface area contributed by atoms with E-state index in [9.17, 15) is 8.42 Å². The van der Waals surface area contributed by atoms with Crippen molar-refractivity contribution in [3.05, 3.63) is 30.3 Å². The Labute approximate surface area is 155 Å². The molecular formula is C18H27N3O4S. The second-order valence-corrected chi connectivity index (χ2v) is 8.62. The van der Waals surface area contributed by atoms with Crippen molar-refractivity contribution in [3.63, 3.8) is 0 Å². The largest absolute Gasteiger partial charge is 0.375 e. The van der Waals surface area contributed by atoms with Crippen LogP contribution in [0.2, 0.25) is 0 Å². The maximum Gasteiger partial charge on any atom is 0.193 e. The van der Waals surface area contributed by atoms with Gasteiger partial charge in [0.2, 0.25) is 0 Å². The van der Waals surface area contributed by atoms with E-state index < -0.39 is 9.84 Å². The van der Waals surface area contributed by atoms with Crippen molar-refractivity contribution in [1.82, 2.24) is 10.2 Å². The summed E-state index contributed by atoms with van der Waals surface area (Å²) in [4.78, 5) is 6.77. The molecule has 2 aliphatic heterocycles. The van der Waals surface area contributed by atoms with Gasteiger partial charge in [0.25, 0.3) is 0 Å². The second kappa shape index (κ2) is 8.83. The van der Waals surface area contributed by atoms with Crippen LogP contribution in [0.5, 0.6) is 0 Å². The molecule has 1 aromatic rings. The zero-order valence-electron chi connectivity index (χ0n) is 15.1. The molecule has 2 saturated heterocycles. The normalized spacial score (nSPS) is 24.7. The number of rotatable bonds is 5. The third-order valence-corrected chi connectivity index (χ3v) is 6.47. The minimum Gasteiger partial charge on any atom is -0.375 e. The van der Waals surface area contributed by atoms with Gasteiger partial charge in [0.05, 0.1) is 23.4 Å². The van der Waals surface area contributed by atoms with Crippen molar-refractivity contribution in [2.45, 2.75) is 29.9 Å². The Morgan fingerprint density at radius 1 is 1.23 bits per heavy atom. The Morgan fingerprint density at radius 2 is 2.00 bits per heavy atom. The van der Waals surface area contributed by atoms with Gasteiger partial charge in [-0.15, -0.1) is 0 Å². The molecule has 0 spiro atoms. The van der Waals surface area contributed by atoms with Crippen LogP contribution in [0.3, 0.4) is 0 Å². The van der Waals surface area contributed by atoms with E-state index in [-0.39, 0.29) is 18.0 Å². The molecule has 3 rings (SSSR count). The average Bonchev–Trinajstić information content (AvgIpc) is 3.21. The molecular weight excluding hydrogens is 354 g/mol. The van der Waals surface area contributed by atoms with Gasteiger partial charge >= 0.3 is 0 Å². The molecule has 2 fully saturated rings. The Kier molecular flexibility index (Phi) is 6.50. The Morgan fingerprint density at radius 3 is 2.69 bits per heavy atom. The van der Waals surface area contributed by atoms with E-state index in [0.29, 0.717) is 30.6 Å². The summed E-state index contributed by atoms with van der Waals surface area (Å²) in [5.41, 5.74) is 0. The number of hydrogen-bond donors (Lipinski definition) is 1. The highest BCUT2D eigenvalue weighted by Gasteiger charge is 2.32. The first kappa shape index (κ1) is 19.1. The molecule has 0 amide bonds. The summed E-state index contributed by atoms with van der Waals surface area (Å²) in [5, 5.41) is 3.18. The quantitative estimate of drug-likeness (QED) is 0.603. The van der Waals surface area contributed by atoms with E-state index in [1.165, 1.54) is 0 Å². The molecule has 2 atom stereocenters. The fourth-order valence-electron chi connectivity index (χ4n) is 3.36. The van der Waals surface area contributed by atoms with Crippen LogP contribution in [0.15, 0.2) is 40.2 Å². The summed E-state index contributed by atoms with van der Waals surface area (Å²) in [6, 6.07) is 8.52. The maximum absolute atomic E-state index is 12.4. The number of morpholine rings is 1. The highest BCUT2D eigenvalue weighted by Crippen LogP contribution is 2.21. The molecule has 2 unspecified atom stereocenters. The third kappa shape index (κ3) is 4.75. The molecule has 2 aliphatic rings. The first-order valence-corrected chi connectivity index (χ1v) is 10.7. The summed E-state index contributed by atoms with van der Waals surface area (Å²) < 4.78 is 36.3. The van der Waals surface area contributed by atoms with E-state index in [0.717, 1.165) is 26.0 Å². The van der Waals surface area contributed by atoms with Crippen LogP contribution < -0.4 is 5.32 Å². The number of sulfone groups is 1. The summed E-state index contributed by atoms with van der Waals surface area (Å²) in [6.07, 6.45) is 2.29. The standard InChI is InChI=1S/C18H27N3O4S/c1-19-18(20-9-13-26(22,23)15-6-3-2-4-7-15)21-10-12-25-17(14-21)16-8-5-11-24-16/h2-4,6-7,16-17H,5,8-14H2,1H3,(H,19,20). The molecule has 8 heteroatoms. The van der Waals surface area contributed by atoms with Gasteiger partial charge < -0.3 is 19.7 Å². The Bertz CT molecular complexity index is 702. The lowest BCUT2D eigenvalue weighted by Crippen LogP contribution is -2.53. The van der Waals surface area contributed by atoms with Gasteiger partial charge in [0, 0.05) is 33.3 Å². The number of guanidine groups is 1. The van der Waals surface area contributed by atoms with Crippen molar-refractivity contribution in [1.29, 1.82) is 0 Å². The fourth-order valence-corrected chi connectivity index (χ4v) is 4.54. The monoisotopic (exact) mass is 381 g/mol. The molecule has 144 valence electrons. The van der Waals surface area contributed by atoms with E-state index >= 15 is 0 Å². The summed E-state index contributed by atoms with van der Waals surface area (Å²) >= 11 is 0. The average molecular weight is 381 g/mol. The van der Waals surface area contributed by atoms with Crippen molar-refractivity contribution in [3.8, 4) is 0 Å². The molecule has 0 radical (unpaired) electrons. The van der Waals surface area contributed by atoms with E-state index in [2.05, 4.69) is 15.2 Å². The minimum absolute atomic E-state index is 0.0234. The molecule has 2 heterocycles. The van der Waals surface area contributed by atoms with Gasteiger partial charge in [-0.05, 0) is 25.0 Å². The Hall–Kier alpha value is -1.64. The number of nitrogens with one attached hydrogen (secondary N) is 1. The summed E-state index contributed by atoms with van der Waals surface area (Å²) in [7, 11) is -1.59. The molecule has 0 aliphatic carbocycles. The maximum atomic E-state index is 12.4.